The molecule has 0 bridgehead atoms. The Morgan fingerprint density at radius 1 is 1.12 bits per heavy atom. The number of anilines is 1. The standard InChI is InChI=1S/C18H14BrN5O/c1-10-20-17(24-23-10)11-3-6-14(7-4-11)21-18(25)16-8-12-2-5-13(19)9-15(12)22-16/h2-9,22H,1H3,(H,21,25)(H,20,23,24). The third-order valence-electron chi connectivity index (χ3n) is 3.83. The zero-order valence-electron chi connectivity index (χ0n) is 13.3. The Morgan fingerprint density at radius 2 is 1.92 bits per heavy atom. The van der Waals surface area contributed by atoms with Gasteiger partial charge in [0.15, 0.2) is 5.82 Å². The Labute approximate surface area is 151 Å². The predicted molar refractivity (Wildman–Crippen MR) is 101 cm³/mol. The molecule has 25 heavy (non-hydrogen) atoms. The van der Waals surface area contributed by atoms with Crippen LogP contribution in [0.3, 0.4) is 0 Å². The molecule has 6 nitrogen and oxygen atoms in total. The molecule has 2 aromatic carbocycles. The van der Waals surface area contributed by atoms with Crippen molar-refractivity contribution in [2.24, 2.45) is 0 Å². The highest BCUT2D eigenvalue weighted by Gasteiger charge is 2.11. The van der Waals surface area contributed by atoms with Crippen LogP contribution in [0.1, 0.15) is 16.3 Å². The molecule has 0 radical (unpaired) electrons. The topological polar surface area (TPSA) is 86.5 Å². The first kappa shape index (κ1) is 15.6. The minimum atomic E-state index is -0.186. The lowest BCUT2D eigenvalue weighted by Gasteiger charge is -2.04. The number of carbonyl (C=O) groups is 1. The first-order valence-electron chi connectivity index (χ1n) is 7.67. The van der Waals surface area contributed by atoms with Crippen LogP contribution in [0.5, 0.6) is 0 Å². The molecule has 0 aliphatic rings. The van der Waals surface area contributed by atoms with E-state index >= 15 is 0 Å². The van der Waals surface area contributed by atoms with Crippen LogP contribution in [0.2, 0.25) is 0 Å². The summed E-state index contributed by atoms with van der Waals surface area (Å²) >= 11 is 3.43. The van der Waals surface area contributed by atoms with E-state index in [1.54, 1.807) is 0 Å². The molecule has 1 amide bonds. The van der Waals surface area contributed by atoms with Gasteiger partial charge in [0.2, 0.25) is 0 Å². The summed E-state index contributed by atoms with van der Waals surface area (Å²) in [6.07, 6.45) is 0. The Bertz CT molecular complexity index is 1060. The van der Waals surface area contributed by atoms with Crippen molar-refractivity contribution >= 4 is 38.4 Å². The van der Waals surface area contributed by atoms with E-state index in [9.17, 15) is 4.79 Å². The Kier molecular flexibility index (Phi) is 3.85. The van der Waals surface area contributed by atoms with Gasteiger partial charge in [-0.3, -0.25) is 9.89 Å². The van der Waals surface area contributed by atoms with Gasteiger partial charge in [-0.05, 0) is 49.4 Å². The first-order chi connectivity index (χ1) is 12.1. The van der Waals surface area contributed by atoms with E-state index < -0.39 is 0 Å². The number of hydrogen-bond donors (Lipinski definition) is 3. The summed E-state index contributed by atoms with van der Waals surface area (Å²) in [7, 11) is 0. The number of aromatic nitrogens is 4. The van der Waals surface area contributed by atoms with Crippen molar-refractivity contribution in [2.75, 3.05) is 5.32 Å². The predicted octanol–water partition coefficient (Wildman–Crippen LogP) is 4.28. The number of nitrogens with zero attached hydrogens (tertiary/aromatic N) is 2. The van der Waals surface area contributed by atoms with E-state index in [2.05, 4.69) is 41.4 Å². The van der Waals surface area contributed by atoms with Crippen molar-refractivity contribution < 1.29 is 4.79 Å². The van der Waals surface area contributed by atoms with Gasteiger partial charge in [-0.25, -0.2) is 4.98 Å². The van der Waals surface area contributed by atoms with Crippen LogP contribution in [0.4, 0.5) is 5.69 Å². The van der Waals surface area contributed by atoms with Crippen molar-refractivity contribution in [2.45, 2.75) is 6.92 Å². The molecule has 3 N–H and O–H groups in total. The summed E-state index contributed by atoms with van der Waals surface area (Å²) in [4.78, 5) is 19.9. The van der Waals surface area contributed by atoms with Crippen molar-refractivity contribution in [3.8, 4) is 11.4 Å². The van der Waals surface area contributed by atoms with E-state index in [4.69, 9.17) is 0 Å². The normalized spacial score (nSPS) is 11.0. The molecule has 124 valence electrons. The molecule has 4 rings (SSSR count). The molecule has 7 heteroatoms. The number of hydrogen-bond acceptors (Lipinski definition) is 3. The summed E-state index contributed by atoms with van der Waals surface area (Å²) in [6.45, 7) is 1.85. The van der Waals surface area contributed by atoms with Crippen LogP contribution in [0.15, 0.2) is 53.0 Å². The lowest BCUT2D eigenvalue weighted by atomic mass is 10.2. The van der Waals surface area contributed by atoms with Gasteiger partial charge in [0.1, 0.15) is 11.5 Å². The largest absolute Gasteiger partial charge is 0.350 e. The zero-order chi connectivity index (χ0) is 17.4. The molecule has 0 aliphatic heterocycles. The maximum atomic E-state index is 12.4. The third kappa shape index (κ3) is 3.18. The molecule has 0 saturated carbocycles. The van der Waals surface area contributed by atoms with Crippen LogP contribution in [0, 0.1) is 6.92 Å². The summed E-state index contributed by atoms with van der Waals surface area (Å²) < 4.78 is 0.964. The summed E-state index contributed by atoms with van der Waals surface area (Å²) in [6, 6.07) is 15.1. The van der Waals surface area contributed by atoms with Crippen LogP contribution in [-0.4, -0.2) is 26.1 Å². The molecule has 0 spiro atoms. The average molecular weight is 396 g/mol. The molecule has 0 unspecified atom stereocenters. The Hall–Kier alpha value is -2.93. The molecule has 2 heterocycles. The molecule has 4 aromatic rings. The van der Waals surface area contributed by atoms with Gasteiger partial charge in [-0.15, -0.1) is 0 Å². The van der Waals surface area contributed by atoms with E-state index in [0.717, 1.165) is 26.8 Å². The maximum absolute atomic E-state index is 12.4. The van der Waals surface area contributed by atoms with Crippen LogP contribution in [0.25, 0.3) is 22.3 Å². The second-order valence-electron chi connectivity index (χ2n) is 5.69. The lowest BCUT2D eigenvalue weighted by Crippen LogP contribution is -2.12. The number of benzene rings is 2. The Balaban J connectivity index is 1.53. The minimum absolute atomic E-state index is 0.186. The smallest absolute Gasteiger partial charge is 0.272 e. The number of aromatic amines is 2. The zero-order valence-corrected chi connectivity index (χ0v) is 14.9. The van der Waals surface area contributed by atoms with Gasteiger partial charge in [-0.1, -0.05) is 22.0 Å². The molecule has 0 saturated heterocycles. The van der Waals surface area contributed by atoms with E-state index in [1.807, 2.05) is 55.5 Å². The lowest BCUT2D eigenvalue weighted by molar-refractivity contribution is 0.102. The van der Waals surface area contributed by atoms with E-state index in [-0.39, 0.29) is 5.91 Å². The van der Waals surface area contributed by atoms with Gasteiger partial charge in [-0.2, -0.15) is 5.10 Å². The molecule has 2 aromatic heterocycles. The fraction of sp³-hybridized carbons (Fsp3) is 0.0556. The summed E-state index contributed by atoms with van der Waals surface area (Å²) in [5.74, 6) is 1.21. The van der Waals surface area contributed by atoms with Gasteiger partial charge in [0, 0.05) is 26.6 Å². The van der Waals surface area contributed by atoms with Crippen LogP contribution in [-0.2, 0) is 0 Å². The van der Waals surface area contributed by atoms with Gasteiger partial charge >= 0.3 is 0 Å². The molecule has 0 atom stereocenters. The van der Waals surface area contributed by atoms with Gasteiger partial charge < -0.3 is 10.3 Å². The van der Waals surface area contributed by atoms with Crippen molar-refractivity contribution in [3.63, 3.8) is 0 Å². The second-order valence-corrected chi connectivity index (χ2v) is 6.61. The fourth-order valence-corrected chi connectivity index (χ4v) is 2.96. The molecular formula is C18H14BrN5O. The average Bonchev–Trinajstić information content (AvgIpc) is 3.21. The van der Waals surface area contributed by atoms with E-state index in [0.29, 0.717) is 17.2 Å². The minimum Gasteiger partial charge on any atom is -0.350 e. The number of nitrogens with one attached hydrogen (secondary N) is 3. The number of amides is 1. The quantitative estimate of drug-likeness (QED) is 0.483. The SMILES string of the molecule is Cc1nc(-c2ccc(NC(=O)c3cc4ccc(Br)cc4[nH]3)cc2)n[nH]1. The molecule has 0 aliphatic carbocycles. The highest BCUT2D eigenvalue weighted by molar-refractivity contribution is 9.10. The van der Waals surface area contributed by atoms with Crippen LogP contribution >= 0.6 is 15.9 Å². The van der Waals surface area contributed by atoms with E-state index in [1.165, 1.54) is 0 Å². The van der Waals surface area contributed by atoms with Gasteiger partial charge in [0.25, 0.3) is 5.91 Å². The fourth-order valence-electron chi connectivity index (χ4n) is 2.59. The highest BCUT2D eigenvalue weighted by Crippen LogP contribution is 2.22. The number of fused-ring (bicyclic) bond motifs is 1. The summed E-state index contributed by atoms with van der Waals surface area (Å²) in [5, 5.41) is 10.8. The van der Waals surface area contributed by atoms with Crippen molar-refractivity contribution in [1.82, 2.24) is 20.2 Å². The number of halogens is 1. The Morgan fingerprint density at radius 3 is 2.64 bits per heavy atom. The van der Waals surface area contributed by atoms with Crippen molar-refractivity contribution in [1.29, 1.82) is 0 Å². The summed E-state index contributed by atoms with van der Waals surface area (Å²) in [5.41, 5.74) is 3.02. The molecule has 0 fully saturated rings. The maximum Gasteiger partial charge on any atom is 0.272 e. The number of carbonyl (C=O) groups excluding carboxylic acids is 1. The van der Waals surface area contributed by atoms with Crippen molar-refractivity contribution in [3.05, 3.63) is 64.5 Å². The number of rotatable bonds is 3. The van der Waals surface area contributed by atoms with Gasteiger partial charge in [0.05, 0.1) is 0 Å². The third-order valence-corrected chi connectivity index (χ3v) is 4.32. The number of aryl methyl sites for hydroxylation is 1. The van der Waals surface area contributed by atoms with Crippen LogP contribution < -0.4 is 5.32 Å². The number of H-pyrrole nitrogens is 2. The second kappa shape index (κ2) is 6.18. The highest BCUT2D eigenvalue weighted by atomic mass is 79.9. The monoisotopic (exact) mass is 395 g/mol. The molecular weight excluding hydrogens is 382 g/mol. The first-order valence-corrected chi connectivity index (χ1v) is 8.47.